The molecule has 0 saturated carbocycles. The van der Waals surface area contributed by atoms with Crippen molar-refractivity contribution in [3.63, 3.8) is 0 Å². The lowest BCUT2D eigenvalue weighted by Crippen LogP contribution is -2.39. The molecule has 0 fully saturated rings. The lowest BCUT2D eigenvalue weighted by molar-refractivity contribution is -0.120. The smallest absolute Gasteiger partial charge is 0.272 e. The molecule has 0 spiro atoms. The third-order valence-corrected chi connectivity index (χ3v) is 7.16. The van der Waals surface area contributed by atoms with Gasteiger partial charge in [-0.15, -0.1) is 12.4 Å². The van der Waals surface area contributed by atoms with Gasteiger partial charge in [0, 0.05) is 17.5 Å². The number of aromatic nitrogens is 3. The summed E-state index contributed by atoms with van der Waals surface area (Å²) in [5.74, 6) is -0.614. The Morgan fingerprint density at radius 3 is 2.64 bits per heavy atom. The van der Waals surface area contributed by atoms with Gasteiger partial charge in [-0.3, -0.25) is 14.3 Å². The van der Waals surface area contributed by atoms with Crippen molar-refractivity contribution in [2.24, 2.45) is 0 Å². The summed E-state index contributed by atoms with van der Waals surface area (Å²) >= 11 is 0. The van der Waals surface area contributed by atoms with Crippen LogP contribution < -0.4 is 10.5 Å². The van der Waals surface area contributed by atoms with Gasteiger partial charge < -0.3 is 15.0 Å². The number of carbonyl (C=O) groups excluding carboxylic acids is 1. The lowest BCUT2D eigenvalue weighted by atomic mass is 9.81. The van der Waals surface area contributed by atoms with E-state index in [1.165, 1.54) is 17.0 Å². The fourth-order valence-corrected chi connectivity index (χ4v) is 5.12. The number of halogens is 2. The first kappa shape index (κ1) is 28.1. The second-order valence-corrected chi connectivity index (χ2v) is 10.2. The van der Waals surface area contributed by atoms with E-state index in [4.69, 9.17) is 0 Å². The molecule has 2 aromatic heterocycles. The van der Waals surface area contributed by atoms with Gasteiger partial charge in [0.05, 0.1) is 25.2 Å². The highest BCUT2D eigenvalue weighted by Gasteiger charge is 2.33. The van der Waals surface area contributed by atoms with Crippen molar-refractivity contribution in [3.05, 3.63) is 111 Å². The van der Waals surface area contributed by atoms with Gasteiger partial charge in [0.2, 0.25) is 5.91 Å². The van der Waals surface area contributed by atoms with E-state index in [0.717, 1.165) is 34.4 Å². The van der Waals surface area contributed by atoms with Crippen LogP contribution in [0.15, 0.2) is 71.8 Å². The van der Waals surface area contributed by atoms with E-state index in [1.807, 2.05) is 32.2 Å². The van der Waals surface area contributed by atoms with E-state index in [1.54, 1.807) is 41.2 Å². The number of nitrogens with zero attached hydrogens (tertiary/aromatic N) is 3. The van der Waals surface area contributed by atoms with E-state index in [-0.39, 0.29) is 53.6 Å². The molecule has 9 heteroatoms. The van der Waals surface area contributed by atoms with Crippen LogP contribution in [-0.2, 0) is 24.3 Å². The highest BCUT2D eigenvalue weighted by atomic mass is 35.5. The number of aromatic hydroxyl groups is 1. The van der Waals surface area contributed by atoms with Crippen LogP contribution in [0, 0.1) is 5.82 Å². The number of benzene rings is 2. The minimum Gasteiger partial charge on any atom is -0.508 e. The third kappa shape index (κ3) is 6.06. The van der Waals surface area contributed by atoms with E-state index < -0.39 is 5.92 Å². The van der Waals surface area contributed by atoms with Gasteiger partial charge in [-0.1, -0.05) is 38.1 Å². The van der Waals surface area contributed by atoms with Gasteiger partial charge in [0.15, 0.2) is 0 Å². The summed E-state index contributed by atoms with van der Waals surface area (Å²) in [5, 5.41) is 14.8. The zero-order valence-electron chi connectivity index (χ0n) is 21.9. The molecular formula is C30H32ClFN4O3. The molecule has 2 N–H and O–H groups in total. The molecule has 1 aliphatic carbocycles. The van der Waals surface area contributed by atoms with Crippen molar-refractivity contribution in [1.82, 2.24) is 14.8 Å². The number of H-pyrrole nitrogens is 1. The summed E-state index contributed by atoms with van der Waals surface area (Å²) in [5.41, 5.74) is 4.02. The molecular weight excluding hydrogens is 519 g/mol. The zero-order valence-corrected chi connectivity index (χ0v) is 22.7. The van der Waals surface area contributed by atoms with Crippen LogP contribution in [0.2, 0.25) is 0 Å². The predicted octanol–water partition coefficient (Wildman–Crippen LogP) is 5.66. The fourth-order valence-electron chi connectivity index (χ4n) is 5.12. The number of aromatic amines is 1. The number of fused-ring (bicyclic) bond motifs is 1. The van der Waals surface area contributed by atoms with Crippen LogP contribution in [0.5, 0.6) is 5.75 Å². The molecule has 1 unspecified atom stereocenters. The first-order valence-corrected chi connectivity index (χ1v) is 12.9. The Kier molecular flexibility index (Phi) is 8.55. The molecule has 204 valence electrons. The van der Waals surface area contributed by atoms with Gasteiger partial charge in [-0.2, -0.15) is 5.10 Å². The second kappa shape index (κ2) is 11.9. The molecule has 7 nitrogen and oxygen atoms in total. The number of phenols is 1. The lowest BCUT2D eigenvalue weighted by Gasteiger charge is -2.31. The number of hydrogen-bond donors (Lipinski definition) is 2. The maximum absolute atomic E-state index is 14.1. The summed E-state index contributed by atoms with van der Waals surface area (Å²) in [7, 11) is 0. The Labute approximate surface area is 232 Å². The Balaban J connectivity index is 0.00000353. The molecule has 0 aliphatic heterocycles. The maximum Gasteiger partial charge on any atom is 0.272 e. The molecule has 39 heavy (non-hydrogen) atoms. The van der Waals surface area contributed by atoms with Crippen LogP contribution >= 0.6 is 12.4 Å². The fraction of sp³-hybridized carbons (Fsp3) is 0.300. The Bertz CT molecular complexity index is 1510. The van der Waals surface area contributed by atoms with Gasteiger partial charge in [0.1, 0.15) is 17.3 Å². The van der Waals surface area contributed by atoms with Gasteiger partial charge in [-0.25, -0.2) is 4.39 Å². The molecule has 1 aliphatic rings. The predicted molar refractivity (Wildman–Crippen MR) is 151 cm³/mol. The third-order valence-electron chi connectivity index (χ3n) is 7.16. The monoisotopic (exact) mass is 550 g/mol. The van der Waals surface area contributed by atoms with Crippen LogP contribution in [0.3, 0.4) is 0 Å². The molecule has 5 rings (SSSR count). The molecule has 0 saturated heterocycles. The van der Waals surface area contributed by atoms with E-state index in [9.17, 15) is 19.1 Å². The topological polar surface area (TPSA) is 91.2 Å². The zero-order chi connectivity index (χ0) is 26.8. The number of rotatable bonds is 7. The number of phenolic OH excluding ortho intramolecular Hbond substituents is 1. The largest absolute Gasteiger partial charge is 0.508 e. The van der Waals surface area contributed by atoms with Crippen molar-refractivity contribution in [2.45, 2.75) is 58.0 Å². The molecule has 1 atom stereocenters. The van der Waals surface area contributed by atoms with Gasteiger partial charge >= 0.3 is 0 Å². The summed E-state index contributed by atoms with van der Waals surface area (Å²) in [6, 6.07) is 15.1. The Morgan fingerprint density at radius 2 is 1.92 bits per heavy atom. The summed E-state index contributed by atoms with van der Waals surface area (Å²) < 4.78 is 15.0. The van der Waals surface area contributed by atoms with Crippen LogP contribution in [0.25, 0.3) is 0 Å². The van der Waals surface area contributed by atoms with Crippen molar-refractivity contribution in [1.29, 1.82) is 0 Å². The second-order valence-electron chi connectivity index (χ2n) is 10.2. The van der Waals surface area contributed by atoms with Crippen LogP contribution in [-0.4, -0.2) is 25.8 Å². The van der Waals surface area contributed by atoms with Crippen LogP contribution in [0.4, 0.5) is 10.1 Å². The number of carbonyl (C=O) groups is 1. The van der Waals surface area contributed by atoms with Crippen molar-refractivity contribution < 1.29 is 14.3 Å². The number of anilines is 1. The quantitative estimate of drug-likeness (QED) is 0.310. The number of nitrogens with one attached hydrogen (secondary N) is 1. The molecule has 0 radical (unpaired) electrons. The highest BCUT2D eigenvalue weighted by Crippen LogP contribution is 2.38. The van der Waals surface area contributed by atoms with Crippen LogP contribution in [0.1, 0.15) is 66.5 Å². The number of pyridine rings is 1. The molecule has 2 heterocycles. The minimum absolute atomic E-state index is 0. The molecule has 2 aromatic carbocycles. The SMILES string of the molecule is CC(C)c1ccc(N(Cc2cnn(Cc3ccc(F)cc3)c2)C(=O)C2CCCc3c(O)cccc32)c(=O)[nH]1.Cl. The first-order chi connectivity index (χ1) is 18.3. The average molecular weight is 551 g/mol. The Morgan fingerprint density at radius 1 is 1.15 bits per heavy atom. The van der Waals surface area contributed by atoms with Crippen molar-refractivity contribution >= 4 is 24.0 Å². The normalized spacial score (nSPS) is 14.5. The average Bonchev–Trinajstić information content (AvgIpc) is 3.35. The summed E-state index contributed by atoms with van der Waals surface area (Å²) in [6.45, 7) is 4.60. The first-order valence-electron chi connectivity index (χ1n) is 12.9. The van der Waals surface area contributed by atoms with Crippen molar-refractivity contribution in [3.8, 4) is 5.75 Å². The van der Waals surface area contributed by atoms with Gasteiger partial charge in [0.25, 0.3) is 5.56 Å². The molecule has 4 aromatic rings. The van der Waals surface area contributed by atoms with E-state index in [2.05, 4.69) is 10.1 Å². The van der Waals surface area contributed by atoms with Crippen molar-refractivity contribution in [2.75, 3.05) is 4.90 Å². The summed E-state index contributed by atoms with van der Waals surface area (Å²) in [6.07, 6.45) is 5.64. The number of amides is 1. The standard InChI is InChI=1S/C30H31FN4O3.ClH/c1-19(2)26-13-14-27(29(37)33-26)35(30(38)25-7-3-6-24-23(25)5-4-8-28(24)36)18-21-15-32-34(17-21)16-20-9-11-22(31)12-10-20;/h4-5,8-15,17,19,25,36H,3,6-7,16,18H2,1-2H3,(H,33,37);1H. The highest BCUT2D eigenvalue weighted by molar-refractivity contribution is 5.98. The molecule has 1 amide bonds. The molecule has 0 bridgehead atoms. The minimum atomic E-state index is -0.468. The number of hydrogen-bond acceptors (Lipinski definition) is 4. The Hall–Kier alpha value is -3.91. The van der Waals surface area contributed by atoms with E-state index in [0.29, 0.717) is 19.4 Å². The van der Waals surface area contributed by atoms with E-state index >= 15 is 0 Å². The maximum atomic E-state index is 14.1. The summed E-state index contributed by atoms with van der Waals surface area (Å²) in [4.78, 5) is 31.8. The van der Waals surface area contributed by atoms with Gasteiger partial charge in [-0.05, 0) is 72.2 Å².